The molecule has 2 aromatic carbocycles. The lowest BCUT2D eigenvalue weighted by Gasteiger charge is -2.47. The van der Waals surface area contributed by atoms with E-state index in [4.69, 9.17) is 9.26 Å². The molecular formula is C49H62F4N5O8PS. The molecule has 1 spiro atoms. The Labute approximate surface area is 398 Å². The molecule has 13 nitrogen and oxygen atoms in total. The zero-order valence-electron chi connectivity index (χ0n) is 38.8. The molecule has 1 N–H and O–H groups in total. The van der Waals surface area contributed by atoms with Gasteiger partial charge in [-0.25, -0.2) is 9.06 Å². The molecule has 1 unspecified atom stereocenters. The number of alkyl halides is 4. The number of ether oxygens (including phenoxy) is 2. The second-order valence-electron chi connectivity index (χ2n) is 19.7. The Hall–Kier alpha value is -3.93. The van der Waals surface area contributed by atoms with Crippen molar-refractivity contribution in [2.24, 2.45) is 0 Å². The number of nitrogens with zero attached hydrogens (tertiary/aromatic N) is 4. The minimum absolute atomic E-state index is 0.0499. The third-order valence-corrected chi connectivity index (χ3v) is 19.2. The molecule has 9 rings (SSSR count). The van der Waals surface area contributed by atoms with Gasteiger partial charge < -0.3 is 29.3 Å². The lowest BCUT2D eigenvalue weighted by molar-refractivity contribution is -0.354. The van der Waals surface area contributed by atoms with Crippen molar-refractivity contribution in [3.8, 4) is 0 Å². The van der Waals surface area contributed by atoms with Crippen LogP contribution in [0.4, 0.5) is 17.6 Å². The standard InChI is InChI=1S/C49H62F4N5O8PS/c1-4-22-64-47(62)40-12-9-21-57(40)67(63,65-5-2)43(50)31-13-18-41-32(23-31)24-42(68-41)44(59)54-38-16-14-34(55(3)36-26-37(27-36)66-49(51,52)53)25-35-15-17-39(58(35)45(38)60)46(61)56-29-33(28-48(56)19-20-48)30-10-7-6-8-11-30/h6-8,10-11,13,18,23-24,33-40,43H,4-5,9,12,14-17,19-22,25-29H2,1-3H3,(H,54,59)/t33-,34+,35-,36?,37?,38+,39+,40+,43-,67?/m1/s1. The van der Waals surface area contributed by atoms with Crippen LogP contribution in [0.15, 0.2) is 54.6 Å². The van der Waals surface area contributed by atoms with Crippen molar-refractivity contribution in [2.75, 3.05) is 33.4 Å². The first-order valence-corrected chi connectivity index (χ1v) is 26.8. The molecule has 0 bridgehead atoms. The number of rotatable bonds is 15. The van der Waals surface area contributed by atoms with Gasteiger partial charge in [0.05, 0.1) is 24.2 Å². The minimum Gasteiger partial charge on any atom is -0.465 e. The first kappa shape index (κ1) is 49.1. The Morgan fingerprint density at radius 1 is 0.971 bits per heavy atom. The number of hydrogen-bond donors (Lipinski definition) is 1. The smallest absolute Gasteiger partial charge is 0.465 e. The average Bonchev–Trinajstić information content (AvgIpc) is 3.73. The van der Waals surface area contributed by atoms with Crippen LogP contribution in [0.2, 0.25) is 0 Å². The van der Waals surface area contributed by atoms with Crippen LogP contribution in [0, 0.1) is 0 Å². The number of carbonyl (C=O) groups is 4. The Balaban J connectivity index is 0.949. The van der Waals surface area contributed by atoms with Gasteiger partial charge in [-0.3, -0.25) is 28.5 Å². The van der Waals surface area contributed by atoms with Crippen molar-refractivity contribution in [2.45, 2.75) is 163 Å². The molecule has 6 fully saturated rings. The molecule has 4 aliphatic heterocycles. The topological polar surface area (TPSA) is 138 Å². The van der Waals surface area contributed by atoms with Gasteiger partial charge in [0.2, 0.25) is 17.7 Å². The number of nitrogens with one attached hydrogen (secondary N) is 1. The monoisotopic (exact) mass is 987 g/mol. The molecule has 19 heteroatoms. The molecule has 8 atom stereocenters. The zero-order chi connectivity index (χ0) is 48.1. The van der Waals surface area contributed by atoms with E-state index in [2.05, 4.69) is 27.1 Å². The second-order valence-corrected chi connectivity index (χ2v) is 23.1. The van der Waals surface area contributed by atoms with Gasteiger partial charge in [0, 0.05) is 47.4 Å². The molecule has 0 radical (unpaired) electrons. The van der Waals surface area contributed by atoms with Gasteiger partial charge in [0.25, 0.3) is 5.91 Å². The van der Waals surface area contributed by atoms with Crippen LogP contribution in [0.3, 0.4) is 0 Å². The molecule has 3 amide bonds. The maximum absolute atomic E-state index is 16.7. The fraction of sp³-hybridized carbons (Fsp3) is 0.633. The lowest BCUT2D eigenvalue weighted by atomic mass is 9.85. The van der Waals surface area contributed by atoms with Crippen LogP contribution >= 0.6 is 18.9 Å². The van der Waals surface area contributed by atoms with Crippen molar-refractivity contribution < 1.29 is 55.3 Å². The van der Waals surface area contributed by atoms with Crippen LogP contribution in [-0.2, 0) is 32.9 Å². The number of benzene rings is 2. The van der Waals surface area contributed by atoms with Gasteiger partial charge in [-0.05, 0) is 132 Å². The van der Waals surface area contributed by atoms with E-state index in [1.54, 1.807) is 24.0 Å². The summed E-state index contributed by atoms with van der Waals surface area (Å²) in [6.07, 6.45) is 1.24. The molecule has 68 heavy (non-hydrogen) atoms. The highest BCUT2D eigenvalue weighted by atomic mass is 32.1. The predicted molar refractivity (Wildman–Crippen MR) is 248 cm³/mol. The summed E-state index contributed by atoms with van der Waals surface area (Å²) in [4.78, 5) is 63.1. The van der Waals surface area contributed by atoms with E-state index in [-0.39, 0.29) is 90.9 Å². The molecule has 6 aliphatic rings. The summed E-state index contributed by atoms with van der Waals surface area (Å²) in [7, 11) is -2.37. The highest BCUT2D eigenvalue weighted by Crippen LogP contribution is 2.66. The normalized spacial score (nSPS) is 29.6. The molecule has 2 aliphatic carbocycles. The Kier molecular flexibility index (Phi) is 14.2. The van der Waals surface area contributed by atoms with E-state index in [0.29, 0.717) is 61.6 Å². The summed E-state index contributed by atoms with van der Waals surface area (Å²) in [5.74, 6) is -3.41. The molecular weight excluding hydrogens is 926 g/mol. The SMILES string of the molecule is CCCOC(=O)[C@@H]1CCCN1P(=O)(OCC)[C@@H](F)c1ccc2sc(C(=O)N[C@H]3CC[C@H](N(C)C4CC(OC(F)(F)F)C4)C[C@H]4CC[C@@H](C(=O)N5C[C@H](c6ccccc6)CC56CC6)N4C3=O)cc2c1. The third kappa shape index (κ3) is 9.75. The molecule has 1 aromatic heterocycles. The van der Waals surface area contributed by atoms with Crippen molar-refractivity contribution in [1.29, 1.82) is 0 Å². The largest absolute Gasteiger partial charge is 0.522 e. The van der Waals surface area contributed by atoms with E-state index in [1.807, 2.05) is 37.1 Å². The van der Waals surface area contributed by atoms with Crippen LogP contribution in [0.5, 0.6) is 0 Å². The van der Waals surface area contributed by atoms with Crippen LogP contribution in [-0.4, -0.2) is 131 Å². The Morgan fingerprint density at radius 2 is 1.74 bits per heavy atom. The average molecular weight is 988 g/mol. The van der Waals surface area contributed by atoms with E-state index in [9.17, 15) is 36.9 Å². The summed E-state index contributed by atoms with van der Waals surface area (Å²) in [5.41, 5.74) is 1.01. The number of hydrogen-bond acceptors (Lipinski definition) is 10. The molecule has 4 saturated heterocycles. The molecule has 370 valence electrons. The van der Waals surface area contributed by atoms with Gasteiger partial charge in [0.15, 0.2) is 0 Å². The van der Waals surface area contributed by atoms with E-state index in [1.165, 1.54) is 22.4 Å². The Bertz CT molecular complexity index is 2400. The number of fused-ring (bicyclic) bond motifs is 2. The van der Waals surface area contributed by atoms with E-state index >= 15 is 4.39 Å². The fourth-order valence-electron chi connectivity index (χ4n) is 11.7. The van der Waals surface area contributed by atoms with Crippen molar-refractivity contribution in [1.82, 2.24) is 24.7 Å². The summed E-state index contributed by atoms with van der Waals surface area (Å²) in [5, 5.41) is 3.53. The highest BCUT2D eigenvalue weighted by molar-refractivity contribution is 7.56. The summed E-state index contributed by atoms with van der Waals surface area (Å²) in [6, 6.07) is 13.2. The lowest BCUT2D eigenvalue weighted by Crippen LogP contribution is -2.60. The van der Waals surface area contributed by atoms with Gasteiger partial charge in [0.1, 0.15) is 18.1 Å². The second kappa shape index (κ2) is 19.7. The van der Waals surface area contributed by atoms with Crippen LogP contribution in [0.1, 0.15) is 130 Å². The number of likely N-dealkylation sites (tertiary alicyclic amines) is 1. The van der Waals surface area contributed by atoms with Crippen molar-refractivity contribution >= 4 is 52.6 Å². The number of esters is 1. The maximum atomic E-state index is 16.7. The summed E-state index contributed by atoms with van der Waals surface area (Å²) in [6.45, 7) is 4.39. The van der Waals surface area contributed by atoms with Gasteiger partial charge in [-0.15, -0.1) is 24.5 Å². The highest BCUT2D eigenvalue weighted by Gasteiger charge is 2.59. The Morgan fingerprint density at radius 3 is 2.44 bits per heavy atom. The predicted octanol–water partition coefficient (Wildman–Crippen LogP) is 9.08. The summed E-state index contributed by atoms with van der Waals surface area (Å²) >= 11 is 1.16. The number of halogens is 4. The first-order valence-electron chi connectivity index (χ1n) is 24.3. The molecule has 5 heterocycles. The van der Waals surface area contributed by atoms with E-state index < -0.39 is 55.9 Å². The minimum atomic E-state index is -4.72. The maximum Gasteiger partial charge on any atom is 0.522 e. The van der Waals surface area contributed by atoms with Crippen LogP contribution in [0.25, 0.3) is 10.1 Å². The molecule has 2 saturated carbocycles. The number of thiophene rings is 1. The third-order valence-electron chi connectivity index (χ3n) is 15.4. The van der Waals surface area contributed by atoms with Crippen molar-refractivity contribution in [3.05, 3.63) is 70.6 Å². The van der Waals surface area contributed by atoms with Crippen molar-refractivity contribution in [3.63, 3.8) is 0 Å². The quantitative estimate of drug-likeness (QED) is 0.0892. The fourth-order valence-corrected chi connectivity index (χ4v) is 15.1. The zero-order valence-corrected chi connectivity index (χ0v) is 40.5. The first-order chi connectivity index (χ1) is 32.5. The number of amides is 3. The molecule has 3 aromatic rings. The summed E-state index contributed by atoms with van der Waals surface area (Å²) < 4.78 is 87.7. The van der Waals surface area contributed by atoms with Gasteiger partial charge in [-0.1, -0.05) is 43.3 Å². The van der Waals surface area contributed by atoms with Gasteiger partial charge in [-0.2, -0.15) is 0 Å². The number of carbonyl (C=O) groups excluding carboxylic acids is 4. The van der Waals surface area contributed by atoms with E-state index in [0.717, 1.165) is 30.6 Å². The van der Waals surface area contributed by atoms with Crippen LogP contribution < -0.4 is 5.32 Å². The van der Waals surface area contributed by atoms with Gasteiger partial charge >= 0.3 is 19.9 Å².